The Bertz CT molecular complexity index is 458. The Hall–Kier alpha value is -1.86. The molecule has 2 aromatic carbocycles. The summed E-state index contributed by atoms with van der Waals surface area (Å²) in [6.45, 7) is 0. The standard InChI is InChI=1S/C12H12N2OP/c13-9-1-5-11(6-2-9)16(15)12-7-3-10(14)4-8-12/h1-8H,13-14H2. The molecule has 1 radical (unpaired) electrons. The van der Waals surface area contributed by atoms with E-state index in [4.69, 9.17) is 11.5 Å². The average Bonchev–Trinajstić information content (AvgIpc) is 2.30. The SMILES string of the molecule is Nc1ccc([P](=O)c2ccc(N)cc2)cc1. The normalized spacial score (nSPS) is 10.0. The van der Waals surface area contributed by atoms with Crippen molar-refractivity contribution < 1.29 is 4.57 Å². The molecule has 0 amide bonds. The van der Waals surface area contributed by atoms with Crippen molar-refractivity contribution in [2.45, 2.75) is 0 Å². The Labute approximate surface area is 94.9 Å². The van der Waals surface area contributed by atoms with Crippen LogP contribution in [0.15, 0.2) is 48.5 Å². The Morgan fingerprint density at radius 3 is 1.31 bits per heavy atom. The van der Waals surface area contributed by atoms with E-state index in [-0.39, 0.29) is 0 Å². The molecule has 0 heterocycles. The number of nitrogens with two attached hydrogens (primary N) is 2. The summed E-state index contributed by atoms with van der Waals surface area (Å²) in [7, 11) is -1.56. The summed E-state index contributed by atoms with van der Waals surface area (Å²) in [6, 6.07) is 14.1. The van der Waals surface area contributed by atoms with E-state index >= 15 is 0 Å². The summed E-state index contributed by atoms with van der Waals surface area (Å²) in [6.07, 6.45) is 0. The van der Waals surface area contributed by atoms with E-state index in [1.165, 1.54) is 0 Å². The molecular weight excluding hydrogens is 219 g/mol. The van der Waals surface area contributed by atoms with E-state index in [0.29, 0.717) is 11.4 Å². The van der Waals surface area contributed by atoms with E-state index in [1.807, 2.05) is 0 Å². The zero-order chi connectivity index (χ0) is 11.5. The second kappa shape index (κ2) is 4.33. The van der Waals surface area contributed by atoms with Gasteiger partial charge in [-0.15, -0.1) is 0 Å². The van der Waals surface area contributed by atoms with Crippen LogP contribution in [0.2, 0.25) is 0 Å². The van der Waals surface area contributed by atoms with E-state index in [2.05, 4.69) is 0 Å². The lowest BCUT2D eigenvalue weighted by molar-refractivity contribution is 0.598. The van der Waals surface area contributed by atoms with Crippen molar-refractivity contribution in [2.24, 2.45) is 0 Å². The summed E-state index contributed by atoms with van der Waals surface area (Å²) in [5, 5.41) is 1.54. The van der Waals surface area contributed by atoms with Crippen LogP contribution in [0.25, 0.3) is 0 Å². The molecule has 4 N–H and O–H groups in total. The summed E-state index contributed by atoms with van der Waals surface area (Å²) in [5.74, 6) is 0. The minimum Gasteiger partial charge on any atom is -0.399 e. The summed E-state index contributed by atoms with van der Waals surface area (Å²) in [5.41, 5.74) is 12.5. The second-order valence-electron chi connectivity index (χ2n) is 3.48. The van der Waals surface area contributed by atoms with Gasteiger partial charge in [-0.1, -0.05) is 0 Å². The third kappa shape index (κ3) is 2.20. The molecule has 0 bridgehead atoms. The number of nitrogen functional groups attached to an aromatic ring is 2. The Morgan fingerprint density at radius 1 is 0.688 bits per heavy atom. The molecule has 2 aromatic rings. The van der Waals surface area contributed by atoms with Crippen LogP contribution < -0.4 is 22.1 Å². The van der Waals surface area contributed by atoms with Crippen LogP contribution in [0.5, 0.6) is 0 Å². The van der Waals surface area contributed by atoms with Gasteiger partial charge in [0.05, 0.1) is 0 Å². The molecule has 81 valence electrons. The van der Waals surface area contributed by atoms with Gasteiger partial charge in [0, 0.05) is 22.0 Å². The molecular formula is C12H12N2OP. The Morgan fingerprint density at radius 2 is 1.00 bits per heavy atom. The fraction of sp³-hybridized carbons (Fsp3) is 0. The average molecular weight is 231 g/mol. The van der Waals surface area contributed by atoms with Gasteiger partial charge in [-0.25, -0.2) is 0 Å². The first-order valence-corrected chi connectivity index (χ1v) is 6.11. The van der Waals surface area contributed by atoms with Gasteiger partial charge in [-0.2, -0.15) is 0 Å². The highest BCUT2D eigenvalue weighted by Gasteiger charge is 2.06. The lowest BCUT2D eigenvalue weighted by Crippen LogP contribution is -2.06. The van der Waals surface area contributed by atoms with Gasteiger partial charge in [-0.05, 0) is 48.5 Å². The molecule has 0 aliphatic rings. The second-order valence-corrected chi connectivity index (χ2v) is 5.10. The molecule has 3 nitrogen and oxygen atoms in total. The van der Waals surface area contributed by atoms with Crippen molar-refractivity contribution in [3.8, 4) is 0 Å². The predicted octanol–water partition coefficient (Wildman–Crippen LogP) is 1.63. The molecule has 0 aromatic heterocycles. The van der Waals surface area contributed by atoms with E-state index in [0.717, 1.165) is 10.6 Å². The molecule has 0 aliphatic heterocycles. The van der Waals surface area contributed by atoms with E-state index in [9.17, 15) is 4.57 Å². The first-order chi connectivity index (χ1) is 7.66. The van der Waals surface area contributed by atoms with Crippen LogP contribution in [0, 0.1) is 0 Å². The van der Waals surface area contributed by atoms with Gasteiger partial charge in [0.1, 0.15) is 7.80 Å². The highest BCUT2D eigenvalue weighted by atomic mass is 31.1. The zero-order valence-corrected chi connectivity index (χ0v) is 9.52. The maximum absolute atomic E-state index is 12.1. The largest absolute Gasteiger partial charge is 0.399 e. The molecule has 0 spiro atoms. The van der Waals surface area contributed by atoms with Crippen LogP contribution in [-0.4, -0.2) is 0 Å². The Balaban J connectivity index is 2.32. The quantitative estimate of drug-likeness (QED) is 0.609. The summed E-state index contributed by atoms with van der Waals surface area (Å²) < 4.78 is 12.1. The minimum atomic E-state index is -1.56. The molecule has 4 heteroatoms. The zero-order valence-electron chi connectivity index (χ0n) is 8.63. The van der Waals surface area contributed by atoms with Crippen LogP contribution in [0.1, 0.15) is 0 Å². The van der Waals surface area contributed by atoms with Crippen molar-refractivity contribution in [1.82, 2.24) is 0 Å². The van der Waals surface area contributed by atoms with E-state index < -0.39 is 7.80 Å². The van der Waals surface area contributed by atoms with Crippen LogP contribution in [0.4, 0.5) is 11.4 Å². The first kappa shape index (κ1) is 10.7. The number of rotatable bonds is 2. The number of hydrogen-bond donors (Lipinski definition) is 2. The van der Waals surface area contributed by atoms with Gasteiger partial charge in [0.25, 0.3) is 0 Å². The summed E-state index contributed by atoms with van der Waals surface area (Å²) >= 11 is 0. The van der Waals surface area contributed by atoms with Crippen molar-refractivity contribution in [2.75, 3.05) is 11.5 Å². The third-order valence-corrected chi connectivity index (χ3v) is 3.79. The van der Waals surface area contributed by atoms with Crippen molar-refractivity contribution in [1.29, 1.82) is 0 Å². The molecule has 0 atom stereocenters. The lowest BCUT2D eigenvalue weighted by atomic mass is 10.3. The first-order valence-electron chi connectivity index (χ1n) is 4.85. The van der Waals surface area contributed by atoms with Gasteiger partial charge < -0.3 is 11.5 Å². The maximum atomic E-state index is 12.1. The highest BCUT2D eigenvalue weighted by Crippen LogP contribution is 2.20. The number of anilines is 2. The van der Waals surface area contributed by atoms with Crippen molar-refractivity contribution in [3.63, 3.8) is 0 Å². The lowest BCUT2D eigenvalue weighted by Gasteiger charge is -2.02. The molecule has 0 aliphatic carbocycles. The van der Waals surface area contributed by atoms with Crippen LogP contribution in [0.3, 0.4) is 0 Å². The maximum Gasteiger partial charge on any atom is 0.136 e. The van der Waals surface area contributed by atoms with Crippen molar-refractivity contribution >= 4 is 29.8 Å². The monoisotopic (exact) mass is 231 g/mol. The molecule has 0 saturated carbocycles. The third-order valence-electron chi connectivity index (χ3n) is 2.26. The van der Waals surface area contributed by atoms with Gasteiger partial charge in [0.15, 0.2) is 0 Å². The van der Waals surface area contributed by atoms with Crippen LogP contribution in [-0.2, 0) is 4.57 Å². The molecule has 0 unspecified atom stereocenters. The molecule has 16 heavy (non-hydrogen) atoms. The highest BCUT2D eigenvalue weighted by molar-refractivity contribution is 7.61. The molecule has 2 rings (SSSR count). The topological polar surface area (TPSA) is 69.1 Å². The Kier molecular flexibility index (Phi) is 2.88. The fourth-order valence-corrected chi connectivity index (χ4v) is 2.51. The minimum absolute atomic E-state index is 0.671. The van der Waals surface area contributed by atoms with Gasteiger partial charge >= 0.3 is 0 Å². The van der Waals surface area contributed by atoms with Gasteiger partial charge in [0.2, 0.25) is 0 Å². The number of benzene rings is 2. The predicted molar refractivity (Wildman–Crippen MR) is 68.6 cm³/mol. The van der Waals surface area contributed by atoms with Crippen molar-refractivity contribution in [3.05, 3.63) is 48.5 Å². The van der Waals surface area contributed by atoms with E-state index in [1.54, 1.807) is 48.5 Å². The molecule has 0 fully saturated rings. The molecule has 0 saturated heterocycles. The fourth-order valence-electron chi connectivity index (χ4n) is 1.37. The number of hydrogen-bond acceptors (Lipinski definition) is 3. The smallest absolute Gasteiger partial charge is 0.136 e. The van der Waals surface area contributed by atoms with Gasteiger partial charge in [-0.3, -0.25) is 4.57 Å². The summed E-state index contributed by atoms with van der Waals surface area (Å²) in [4.78, 5) is 0. The van der Waals surface area contributed by atoms with Crippen LogP contribution >= 0.6 is 7.80 Å².